The van der Waals surface area contributed by atoms with Gasteiger partial charge in [-0.15, -0.1) is 0 Å². The van der Waals surface area contributed by atoms with Crippen LogP contribution >= 0.6 is 0 Å². The lowest BCUT2D eigenvalue weighted by Crippen LogP contribution is -2.44. The molecule has 0 radical (unpaired) electrons. The monoisotopic (exact) mass is 277 g/mol. The van der Waals surface area contributed by atoms with E-state index in [1.807, 2.05) is 19.4 Å². The van der Waals surface area contributed by atoms with E-state index in [0.29, 0.717) is 12.0 Å². The molecule has 0 saturated carbocycles. The first-order valence-corrected chi connectivity index (χ1v) is 7.68. The van der Waals surface area contributed by atoms with Crippen LogP contribution in [0.5, 0.6) is 0 Å². The van der Waals surface area contributed by atoms with E-state index in [4.69, 9.17) is 4.74 Å². The number of anilines is 1. The van der Waals surface area contributed by atoms with Crippen molar-refractivity contribution >= 4 is 5.82 Å². The Morgan fingerprint density at radius 1 is 1.50 bits per heavy atom. The van der Waals surface area contributed by atoms with E-state index in [1.165, 1.54) is 5.56 Å². The van der Waals surface area contributed by atoms with Crippen molar-refractivity contribution in [2.24, 2.45) is 5.92 Å². The first kappa shape index (κ1) is 15.3. The van der Waals surface area contributed by atoms with Crippen LogP contribution in [0.4, 0.5) is 5.82 Å². The summed E-state index contributed by atoms with van der Waals surface area (Å²) in [4.78, 5) is 6.98. The van der Waals surface area contributed by atoms with E-state index in [2.05, 4.69) is 35.1 Å². The maximum Gasteiger partial charge on any atom is 0.133 e. The van der Waals surface area contributed by atoms with Crippen LogP contribution in [0.15, 0.2) is 18.3 Å². The van der Waals surface area contributed by atoms with Gasteiger partial charge in [0, 0.05) is 38.5 Å². The summed E-state index contributed by atoms with van der Waals surface area (Å²) in [7, 11) is 1.81. The fourth-order valence-electron chi connectivity index (χ4n) is 2.79. The smallest absolute Gasteiger partial charge is 0.133 e. The standard InChI is InChI=1S/C16H27N3O/c1-4-8-17-11-14-6-5-9-18-16(14)19-10-7-13(2)15(12-19)20-3/h5-6,9,13,15,17H,4,7-8,10-12H2,1-3H3. The van der Waals surface area contributed by atoms with Gasteiger partial charge in [0.15, 0.2) is 0 Å². The quantitative estimate of drug-likeness (QED) is 0.811. The number of methoxy groups -OCH3 is 1. The predicted octanol–water partition coefficient (Wildman–Crippen LogP) is 2.44. The van der Waals surface area contributed by atoms with Crippen LogP contribution in [0.2, 0.25) is 0 Å². The number of nitrogens with zero attached hydrogens (tertiary/aromatic N) is 2. The second-order valence-corrected chi connectivity index (χ2v) is 5.65. The molecule has 0 amide bonds. The third kappa shape index (κ3) is 3.70. The molecule has 1 aliphatic heterocycles. The molecule has 2 unspecified atom stereocenters. The number of nitrogens with one attached hydrogen (secondary N) is 1. The summed E-state index contributed by atoms with van der Waals surface area (Å²) in [6, 6.07) is 4.19. The maximum absolute atomic E-state index is 5.61. The van der Waals surface area contributed by atoms with Crippen molar-refractivity contribution in [1.82, 2.24) is 10.3 Å². The Hall–Kier alpha value is -1.13. The average Bonchev–Trinajstić information content (AvgIpc) is 2.49. The fourth-order valence-corrected chi connectivity index (χ4v) is 2.79. The minimum absolute atomic E-state index is 0.308. The molecular formula is C16H27N3O. The average molecular weight is 277 g/mol. The molecule has 112 valence electrons. The van der Waals surface area contributed by atoms with Gasteiger partial charge in [0.1, 0.15) is 5.82 Å². The Labute approximate surface area is 122 Å². The van der Waals surface area contributed by atoms with E-state index in [1.54, 1.807) is 0 Å². The van der Waals surface area contributed by atoms with Crippen LogP contribution in [-0.2, 0) is 11.3 Å². The van der Waals surface area contributed by atoms with E-state index in [-0.39, 0.29) is 0 Å². The molecule has 1 aromatic rings. The fraction of sp³-hybridized carbons (Fsp3) is 0.688. The number of ether oxygens (including phenoxy) is 1. The zero-order valence-electron chi connectivity index (χ0n) is 12.9. The Bertz CT molecular complexity index is 410. The van der Waals surface area contributed by atoms with Gasteiger partial charge in [-0.2, -0.15) is 0 Å². The van der Waals surface area contributed by atoms with Crippen LogP contribution in [-0.4, -0.2) is 37.8 Å². The van der Waals surface area contributed by atoms with E-state index in [9.17, 15) is 0 Å². The zero-order valence-corrected chi connectivity index (χ0v) is 12.9. The van der Waals surface area contributed by atoms with E-state index < -0.39 is 0 Å². The maximum atomic E-state index is 5.61. The van der Waals surface area contributed by atoms with Gasteiger partial charge in [-0.3, -0.25) is 0 Å². The topological polar surface area (TPSA) is 37.4 Å². The Morgan fingerprint density at radius 3 is 3.10 bits per heavy atom. The molecule has 1 aromatic heterocycles. The van der Waals surface area contributed by atoms with Gasteiger partial charge < -0.3 is 15.0 Å². The van der Waals surface area contributed by atoms with Crippen LogP contribution in [0.1, 0.15) is 32.3 Å². The Balaban J connectivity index is 2.07. The van der Waals surface area contributed by atoms with Gasteiger partial charge in [-0.25, -0.2) is 4.98 Å². The summed E-state index contributed by atoms with van der Waals surface area (Å²) in [6.07, 6.45) is 4.51. The summed E-state index contributed by atoms with van der Waals surface area (Å²) in [5, 5.41) is 3.47. The molecule has 0 bridgehead atoms. The lowest BCUT2D eigenvalue weighted by molar-refractivity contribution is 0.0496. The summed E-state index contributed by atoms with van der Waals surface area (Å²) in [5.41, 5.74) is 1.28. The second kappa shape index (κ2) is 7.60. The van der Waals surface area contributed by atoms with Crippen molar-refractivity contribution in [3.05, 3.63) is 23.9 Å². The SMILES string of the molecule is CCCNCc1cccnc1N1CCC(C)C(OC)C1. The van der Waals surface area contributed by atoms with E-state index >= 15 is 0 Å². The lowest BCUT2D eigenvalue weighted by Gasteiger charge is -2.37. The highest BCUT2D eigenvalue weighted by Crippen LogP contribution is 2.25. The first-order valence-electron chi connectivity index (χ1n) is 7.68. The molecule has 1 fully saturated rings. The number of pyridine rings is 1. The molecular weight excluding hydrogens is 250 g/mol. The third-order valence-electron chi connectivity index (χ3n) is 4.10. The molecule has 20 heavy (non-hydrogen) atoms. The van der Waals surface area contributed by atoms with Gasteiger partial charge in [-0.1, -0.05) is 19.9 Å². The summed E-state index contributed by atoms with van der Waals surface area (Å²) in [5.74, 6) is 1.74. The molecule has 1 N–H and O–H groups in total. The molecule has 0 spiro atoms. The van der Waals surface area contributed by atoms with Gasteiger partial charge in [0.25, 0.3) is 0 Å². The number of rotatable bonds is 6. The van der Waals surface area contributed by atoms with Gasteiger partial charge in [0.2, 0.25) is 0 Å². The van der Waals surface area contributed by atoms with Crippen LogP contribution in [0, 0.1) is 5.92 Å². The highest BCUT2D eigenvalue weighted by atomic mass is 16.5. The van der Waals surface area contributed by atoms with Crippen molar-refractivity contribution in [3.8, 4) is 0 Å². The number of aromatic nitrogens is 1. The number of piperidine rings is 1. The van der Waals surface area contributed by atoms with Crippen molar-refractivity contribution in [2.45, 2.75) is 39.3 Å². The normalized spacial score (nSPS) is 23.1. The Morgan fingerprint density at radius 2 is 2.35 bits per heavy atom. The molecule has 4 nitrogen and oxygen atoms in total. The highest BCUT2D eigenvalue weighted by Gasteiger charge is 2.27. The Kier molecular flexibility index (Phi) is 5.80. The third-order valence-corrected chi connectivity index (χ3v) is 4.10. The largest absolute Gasteiger partial charge is 0.379 e. The summed E-state index contributed by atoms with van der Waals surface area (Å²) in [6.45, 7) is 8.40. The molecule has 1 saturated heterocycles. The van der Waals surface area contributed by atoms with Crippen molar-refractivity contribution < 1.29 is 4.74 Å². The molecule has 0 aliphatic carbocycles. The van der Waals surface area contributed by atoms with Crippen molar-refractivity contribution in [1.29, 1.82) is 0 Å². The molecule has 1 aliphatic rings. The lowest BCUT2D eigenvalue weighted by atomic mass is 9.95. The molecule has 2 heterocycles. The van der Waals surface area contributed by atoms with Crippen molar-refractivity contribution in [2.75, 3.05) is 31.6 Å². The number of hydrogen-bond acceptors (Lipinski definition) is 4. The van der Waals surface area contributed by atoms with E-state index in [0.717, 1.165) is 44.8 Å². The van der Waals surface area contributed by atoms with Gasteiger partial charge >= 0.3 is 0 Å². The molecule has 0 aromatic carbocycles. The van der Waals surface area contributed by atoms with Gasteiger partial charge in [-0.05, 0) is 31.4 Å². The summed E-state index contributed by atoms with van der Waals surface area (Å²) >= 11 is 0. The molecule has 2 rings (SSSR count). The summed E-state index contributed by atoms with van der Waals surface area (Å²) < 4.78 is 5.61. The van der Waals surface area contributed by atoms with Crippen LogP contribution in [0.25, 0.3) is 0 Å². The minimum Gasteiger partial charge on any atom is -0.379 e. The predicted molar refractivity (Wildman–Crippen MR) is 83.0 cm³/mol. The highest BCUT2D eigenvalue weighted by molar-refractivity contribution is 5.47. The van der Waals surface area contributed by atoms with Gasteiger partial charge in [0.05, 0.1) is 6.10 Å². The van der Waals surface area contributed by atoms with Crippen molar-refractivity contribution in [3.63, 3.8) is 0 Å². The first-order chi connectivity index (χ1) is 9.76. The molecule has 2 atom stereocenters. The minimum atomic E-state index is 0.308. The molecule has 4 heteroatoms. The zero-order chi connectivity index (χ0) is 14.4. The number of hydrogen-bond donors (Lipinski definition) is 1. The second-order valence-electron chi connectivity index (χ2n) is 5.65. The van der Waals surface area contributed by atoms with Crippen LogP contribution in [0.3, 0.4) is 0 Å². The van der Waals surface area contributed by atoms with Crippen LogP contribution < -0.4 is 10.2 Å².